The van der Waals surface area contributed by atoms with Gasteiger partial charge in [0.25, 0.3) is 0 Å². The van der Waals surface area contributed by atoms with Crippen LogP contribution in [0.25, 0.3) is 0 Å². The van der Waals surface area contributed by atoms with Crippen LogP contribution < -0.4 is 0 Å². The second kappa shape index (κ2) is 5.75. The van der Waals surface area contributed by atoms with E-state index in [9.17, 15) is 13.2 Å². The Bertz CT molecular complexity index is 562. The molecule has 0 fully saturated rings. The van der Waals surface area contributed by atoms with Crippen LogP contribution in [-0.2, 0) is 17.1 Å². The van der Waals surface area contributed by atoms with Crippen molar-refractivity contribution in [2.24, 2.45) is 7.05 Å². The largest absolute Gasteiger partial charge is 0.477 e. The molecule has 0 spiro atoms. The van der Waals surface area contributed by atoms with Crippen LogP contribution in [0.2, 0.25) is 0 Å². The van der Waals surface area contributed by atoms with E-state index < -0.39 is 16.0 Å². The number of sulfonamides is 1. The molecule has 6 nitrogen and oxygen atoms in total. The third-order valence-corrected chi connectivity index (χ3v) is 5.14. The SMILES string of the molecule is CCCC(C)N(C)S(=O)(=O)c1cc(C(=O)O)n(C)c1. The molecule has 1 N–H and O–H groups in total. The number of aryl methyl sites for hydroxylation is 1. The molecule has 108 valence electrons. The minimum atomic E-state index is -3.65. The van der Waals surface area contributed by atoms with Crippen LogP contribution in [0.1, 0.15) is 37.2 Å². The summed E-state index contributed by atoms with van der Waals surface area (Å²) in [5.41, 5.74) is -0.0462. The second-order valence-electron chi connectivity index (χ2n) is 4.64. The van der Waals surface area contributed by atoms with Crippen molar-refractivity contribution in [3.63, 3.8) is 0 Å². The van der Waals surface area contributed by atoms with E-state index in [4.69, 9.17) is 5.11 Å². The van der Waals surface area contributed by atoms with E-state index in [2.05, 4.69) is 0 Å². The molecule has 0 bridgehead atoms. The second-order valence-corrected chi connectivity index (χ2v) is 6.63. The maximum atomic E-state index is 12.4. The normalized spacial score (nSPS) is 13.7. The Morgan fingerprint density at radius 3 is 2.53 bits per heavy atom. The number of carboxylic acid groups (broad SMARTS) is 1. The zero-order valence-electron chi connectivity index (χ0n) is 11.6. The average molecular weight is 288 g/mol. The summed E-state index contributed by atoms with van der Waals surface area (Å²) in [4.78, 5) is 11.0. The molecule has 1 aromatic heterocycles. The first-order chi connectivity index (χ1) is 8.71. The molecule has 0 saturated carbocycles. The summed E-state index contributed by atoms with van der Waals surface area (Å²) in [5, 5.41) is 8.95. The highest BCUT2D eigenvalue weighted by atomic mass is 32.2. The fraction of sp³-hybridized carbons (Fsp3) is 0.583. The number of nitrogens with zero attached hydrogens (tertiary/aromatic N) is 2. The molecular formula is C12H20N2O4S. The van der Waals surface area contributed by atoms with Gasteiger partial charge in [-0.15, -0.1) is 0 Å². The van der Waals surface area contributed by atoms with Gasteiger partial charge in [-0.25, -0.2) is 13.2 Å². The van der Waals surface area contributed by atoms with Crippen LogP contribution in [0.3, 0.4) is 0 Å². The molecule has 0 aliphatic rings. The third kappa shape index (κ3) is 3.16. The number of aromatic carboxylic acids is 1. The molecule has 0 saturated heterocycles. The third-order valence-electron chi connectivity index (χ3n) is 3.20. The molecule has 0 aromatic carbocycles. The highest BCUT2D eigenvalue weighted by Gasteiger charge is 2.27. The molecule has 1 atom stereocenters. The van der Waals surface area contributed by atoms with Crippen molar-refractivity contribution < 1.29 is 18.3 Å². The lowest BCUT2D eigenvalue weighted by Crippen LogP contribution is -2.34. The summed E-state index contributed by atoms with van der Waals surface area (Å²) in [6, 6.07) is 1.07. The first kappa shape index (κ1) is 15.7. The number of hydrogen-bond acceptors (Lipinski definition) is 3. The minimum absolute atomic E-state index is 0.0119. The van der Waals surface area contributed by atoms with Crippen LogP contribution in [0.4, 0.5) is 0 Å². The Balaban J connectivity index is 3.13. The summed E-state index contributed by atoms with van der Waals surface area (Å²) in [6.45, 7) is 3.82. The quantitative estimate of drug-likeness (QED) is 0.861. The van der Waals surface area contributed by atoms with Gasteiger partial charge in [0.05, 0.1) is 0 Å². The van der Waals surface area contributed by atoms with Gasteiger partial charge in [-0.2, -0.15) is 4.31 Å². The van der Waals surface area contributed by atoms with Crippen molar-refractivity contribution in [1.29, 1.82) is 0 Å². The molecule has 0 amide bonds. The zero-order valence-corrected chi connectivity index (χ0v) is 12.4. The Kier molecular flexibility index (Phi) is 4.75. The molecule has 1 heterocycles. The number of carboxylic acids is 1. The van der Waals surface area contributed by atoms with Gasteiger partial charge < -0.3 is 9.67 Å². The fourth-order valence-corrected chi connectivity index (χ4v) is 3.35. The summed E-state index contributed by atoms with van der Waals surface area (Å²) in [7, 11) is -0.618. The van der Waals surface area contributed by atoms with Crippen LogP contribution in [-0.4, -0.2) is 41.5 Å². The van der Waals surface area contributed by atoms with Crippen molar-refractivity contribution in [2.75, 3.05) is 7.05 Å². The van der Waals surface area contributed by atoms with Crippen molar-refractivity contribution in [1.82, 2.24) is 8.87 Å². The average Bonchev–Trinajstić information content (AvgIpc) is 2.71. The van der Waals surface area contributed by atoms with Crippen LogP contribution in [0.15, 0.2) is 17.2 Å². The topological polar surface area (TPSA) is 79.6 Å². The highest BCUT2D eigenvalue weighted by Crippen LogP contribution is 2.20. The first-order valence-corrected chi connectivity index (χ1v) is 7.53. The van der Waals surface area contributed by atoms with Crippen molar-refractivity contribution in [3.8, 4) is 0 Å². The van der Waals surface area contributed by atoms with Gasteiger partial charge in [-0.3, -0.25) is 0 Å². The van der Waals surface area contributed by atoms with Crippen molar-refractivity contribution in [3.05, 3.63) is 18.0 Å². The smallest absolute Gasteiger partial charge is 0.352 e. The monoisotopic (exact) mass is 288 g/mol. The molecule has 0 aliphatic heterocycles. The summed E-state index contributed by atoms with van der Waals surface area (Å²) >= 11 is 0. The van der Waals surface area contributed by atoms with Gasteiger partial charge in [0, 0.05) is 26.3 Å². The van der Waals surface area contributed by atoms with Gasteiger partial charge in [-0.05, 0) is 19.4 Å². The van der Waals surface area contributed by atoms with Gasteiger partial charge in [0.1, 0.15) is 10.6 Å². The maximum Gasteiger partial charge on any atom is 0.352 e. The zero-order chi connectivity index (χ0) is 14.8. The van der Waals surface area contributed by atoms with Crippen molar-refractivity contribution >= 4 is 16.0 Å². The number of aromatic nitrogens is 1. The predicted molar refractivity (Wildman–Crippen MR) is 71.7 cm³/mol. The molecule has 1 aromatic rings. The van der Waals surface area contributed by atoms with Gasteiger partial charge >= 0.3 is 5.97 Å². The van der Waals surface area contributed by atoms with Crippen LogP contribution in [0, 0.1) is 0 Å². The van der Waals surface area contributed by atoms with Gasteiger partial charge in [-0.1, -0.05) is 13.3 Å². The standard InChI is InChI=1S/C12H20N2O4S/c1-5-6-9(2)14(4)19(17,18)10-7-11(12(15)16)13(3)8-10/h7-9H,5-6H2,1-4H3,(H,15,16). The molecule has 0 radical (unpaired) electrons. The summed E-state index contributed by atoms with van der Waals surface area (Å²) in [6.07, 6.45) is 2.97. The molecular weight excluding hydrogens is 268 g/mol. The number of hydrogen-bond donors (Lipinski definition) is 1. The predicted octanol–water partition coefficient (Wildman–Crippen LogP) is 1.53. The Morgan fingerprint density at radius 1 is 1.53 bits per heavy atom. The van der Waals surface area contributed by atoms with E-state index in [0.717, 1.165) is 12.8 Å². The van der Waals surface area contributed by atoms with E-state index in [1.165, 1.54) is 35.2 Å². The molecule has 0 aliphatic carbocycles. The Hall–Kier alpha value is -1.34. The number of rotatable bonds is 6. The molecule has 7 heteroatoms. The molecule has 1 rings (SSSR count). The lowest BCUT2D eigenvalue weighted by atomic mass is 10.2. The first-order valence-electron chi connectivity index (χ1n) is 6.09. The van der Waals surface area contributed by atoms with Crippen LogP contribution >= 0.6 is 0 Å². The lowest BCUT2D eigenvalue weighted by molar-refractivity contribution is 0.0686. The number of carbonyl (C=O) groups is 1. The summed E-state index contributed by atoms with van der Waals surface area (Å²) < 4.78 is 27.3. The van der Waals surface area contributed by atoms with Gasteiger partial charge in [0.2, 0.25) is 10.0 Å². The van der Waals surface area contributed by atoms with E-state index in [1.54, 1.807) is 0 Å². The van der Waals surface area contributed by atoms with E-state index >= 15 is 0 Å². The Labute approximate surface area is 113 Å². The molecule has 1 unspecified atom stereocenters. The lowest BCUT2D eigenvalue weighted by Gasteiger charge is -2.23. The van der Waals surface area contributed by atoms with Gasteiger partial charge in [0.15, 0.2) is 0 Å². The maximum absolute atomic E-state index is 12.4. The summed E-state index contributed by atoms with van der Waals surface area (Å²) in [5.74, 6) is -1.15. The van der Waals surface area contributed by atoms with E-state index in [1.807, 2.05) is 13.8 Å². The minimum Gasteiger partial charge on any atom is -0.477 e. The molecule has 19 heavy (non-hydrogen) atoms. The van der Waals surface area contributed by atoms with E-state index in [-0.39, 0.29) is 16.6 Å². The fourth-order valence-electron chi connectivity index (χ4n) is 1.89. The highest BCUT2D eigenvalue weighted by molar-refractivity contribution is 7.89. The van der Waals surface area contributed by atoms with E-state index in [0.29, 0.717) is 0 Å². The van der Waals surface area contributed by atoms with Crippen LogP contribution in [0.5, 0.6) is 0 Å². The van der Waals surface area contributed by atoms with Crippen molar-refractivity contribution in [2.45, 2.75) is 37.6 Å². The Morgan fingerprint density at radius 2 is 2.11 bits per heavy atom.